The molecule has 1 saturated heterocycles. The summed E-state index contributed by atoms with van der Waals surface area (Å²) in [5.41, 5.74) is 2.89. The fourth-order valence-corrected chi connectivity index (χ4v) is 2.65. The molecule has 3 nitrogen and oxygen atoms in total. The van der Waals surface area contributed by atoms with Gasteiger partial charge in [0.1, 0.15) is 0 Å². The molecule has 0 spiro atoms. The first-order valence-corrected chi connectivity index (χ1v) is 7.54. The lowest BCUT2D eigenvalue weighted by atomic mass is 9.85. The molecule has 1 aliphatic heterocycles. The van der Waals surface area contributed by atoms with Gasteiger partial charge in [-0.2, -0.15) is 0 Å². The molecule has 0 amide bonds. The van der Waals surface area contributed by atoms with Crippen LogP contribution in [0.5, 0.6) is 0 Å². The highest BCUT2D eigenvalue weighted by Crippen LogP contribution is 2.31. The Balaban J connectivity index is 2.04. The Labute approximate surface area is 117 Å². The largest absolute Gasteiger partial charge is 0.384 e. The maximum absolute atomic E-state index is 4.38. The van der Waals surface area contributed by atoms with Crippen LogP contribution in [0, 0.1) is 5.41 Å². The smallest absolute Gasteiger partial charge is 0.0573 e. The van der Waals surface area contributed by atoms with Gasteiger partial charge in [0.05, 0.1) is 23.8 Å². The number of anilines is 2. The molecule has 1 fully saturated rings. The van der Waals surface area contributed by atoms with Gasteiger partial charge in [-0.15, -0.1) is 0 Å². The molecule has 19 heavy (non-hydrogen) atoms. The molecule has 2 heterocycles. The van der Waals surface area contributed by atoms with Gasteiger partial charge >= 0.3 is 0 Å². The number of nitrogens with zero attached hydrogens (tertiary/aromatic N) is 2. The van der Waals surface area contributed by atoms with Gasteiger partial charge in [-0.25, -0.2) is 0 Å². The zero-order chi connectivity index (χ0) is 13.7. The van der Waals surface area contributed by atoms with E-state index in [2.05, 4.69) is 42.0 Å². The van der Waals surface area contributed by atoms with Crippen LogP contribution < -0.4 is 10.2 Å². The molecular formula is C16H27N3. The van der Waals surface area contributed by atoms with Gasteiger partial charge in [0.15, 0.2) is 0 Å². The van der Waals surface area contributed by atoms with Crippen LogP contribution >= 0.6 is 0 Å². The van der Waals surface area contributed by atoms with Gasteiger partial charge in [0.2, 0.25) is 0 Å². The van der Waals surface area contributed by atoms with Crippen molar-refractivity contribution in [3.63, 3.8) is 0 Å². The fraction of sp³-hybridized carbons (Fsp3) is 0.688. The van der Waals surface area contributed by atoms with Crippen LogP contribution in [-0.2, 0) is 0 Å². The normalized spacial score (nSPS) is 19.0. The molecule has 106 valence electrons. The van der Waals surface area contributed by atoms with E-state index in [0.29, 0.717) is 5.41 Å². The zero-order valence-electron chi connectivity index (χ0n) is 12.6. The SMILES string of the molecule is CCCNc1cncc(N2CCCC(C)(C)CC2)c1. The second-order valence-corrected chi connectivity index (χ2v) is 6.36. The number of nitrogens with one attached hydrogen (secondary N) is 1. The van der Waals surface area contributed by atoms with Crippen LogP contribution in [-0.4, -0.2) is 24.6 Å². The van der Waals surface area contributed by atoms with Gasteiger partial charge in [0, 0.05) is 19.6 Å². The summed E-state index contributed by atoms with van der Waals surface area (Å²) < 4.78 is 0. The average Bonchev–Trinajstić information content (AvgIpc) is 2.58. The third kappa shape index (κ3) is 4.12. The summed E-state index contributed by atoms with van der Waals surface area (Å²) in [5.74, 6) is 0. The van der Waals surface area contributed by atoms with Gasteiger partial charge in [-0.3, -0.25) is 4.98 Å². The second-order valence-electron chi connectivity index (χ2n) is 6.36. The Morgan fingerprint density at radius 1 is 1.26 bits per heavy atom. The van der Waals surface area contributed by atoms with Crippen LogP contribution in [0.4, 0.5) is 11.4 Å². The van der Waals surface area contributed by atoms with Gasteiger partial charge < -0.3 is 10.2 Å². The number of rotatable bonds is 4. The molecule has 0 bridgehead atoms. The van der Waals surface area contributed by atoms with Crippen molar-refractivity contribution in [2.24, 2.45) is 5.41 Å². The topological polar surface area (TPSA) is 28.2 Å². The Morgan fingerprint density at radius 2 is 2.11 bits per heavy atom. The van der Waals surface area contributed by atoms with Crippen molar-refractivity contribution in [3.8, 4) is 0 Å². The molecule has 1 aliphatic rings. The fourth-order valence-electron chi connectivity index (χ4n) is 2.65. The molecule has 0 aliphatic carbocycles. The number of pyridine rings is 1. The lowest BCUT2D eigenvalue weighted by Crippen LogP contribution is -2.25. The van der Waals surface area contributed by atoms with Crippen molar-refractivity contribution in [2.75, 3.05) is 29.9 Å². The molecule has 0 aromatic carbocycles. The van der Waals surface area contributed by atoms with E-state index in [4.69, 9.17) is 0 Å². The lowest BCUT2D eigenvalue weighted by molar-refractivity contribution is 0.325. The zero-order valence-corrected chi connectivity index (χ0v) is 12.6. The van der Waals surface area contributed by atoms with Crippen molar-refractivity contribution in [1.29, 1.82) is 0 Å². The maximum Gasteiger partial charge on any atom is 0.0573 e. The second kappa shape index (κ2) is 6.27. The Bertz CT molecular complexity index is 401. The Morgan fingerprint density at radius 3 is 2.89 bits per heavy atom. The van der Waals surface area contributed by atoms with Crippen molar-refractivity contribution in [2.45, 2.75) is 46.5 Å². The first-order chi connectivity index (χ1) is 9.11. The standard InChI is InChI=1S/C16H27N3/c1-4-8-18-14-11-15(13-17-12-14)19-9-5-6-16(2,3)7-10-19/h11-13,18H,4-10H2,1-3H3. The van der Waals surface area contributed by atoms with Crippen LogP contribution in [0.15, 0.2) is 18.5 Å². The monoisotopic (exact) mass is 261 g/mol. The molecule has 2 rings (SSSR count). The van der Waals surface area contributed by atoms with E-state index in [1.54, 1.807) is 0 Å². The lowest BCUT2D eigenvalue weighted by Gasteiger charge is -2.25. The van der Waals surface area contributed by atoms with E-state index in [-0.39, 0.29) is 0 Å². The summed E-state index contributed by atoms with van der Waals surface area (Å²) in [7, 11) is 0. The van der Waals surface area contributed by atoms with Crippen molar-refractivity contribution < 1.29 is 0 Å². The van der Waals surface area contributed by atoms with E-state index in [0.717, 1.165) is 31.7 Å². The van der Waals surface area contributed by atoms with Gasteiger partial charge in [-0.1, -0.05) is 20.8 Å². The van der Waals surface area contributed by atoms with Crippen LogP contribution in [0.2, 0.25) is 0 Å². The molecule has 1 N–H and O–H groups in total. The van der Waals surface area contributed by atoms with Crippen LogP contribution in [0.1, 0.15) is 46.5 Å². The summed E-state index contributed by atoms with van der Waals surface area (Å²) in [6.45, 7) is 10.3. The summed E-state index contributed by atoms with van der Waals surface area (Å²) in [4.78, 5) is 6.86. The highest BCUT2D eigenvalue weighted by atomic mass is 15.1. The van der Waals surface area contributed by atoms with Gasteiger partial charge in [0.25, 0.3) is 0 Å². The first-order valence-electron chi connectivity index (χ1n) is 7.54. The Kier molecular flexibility index (Phi) is 4.67. The third-order valence-electron chi connectivity index (χ3n) is 4.01. The van der Waals surface area contributed by atoms with E-state index in [1.807, 2.05) is 12.4 Å². The molecule has 0 radical (unpaired) electrons. The van der Waals surface area contributed by atoms with Crippen LogP contribution in [0.25, 0.3) is 0 Å². The minimum atomic E-state index is 0.486. The molecule has 3 heteroatoms. The molecule has 1 aromatic heterocycles. The average molecular weight is 261 g/mol. The van der Waals surface area contributed by atoms with E-state index in [9.17, 15) is 0 Å². The summed E-state index contributed by atoms with van der Waals surface area (Å²) in [6.07, 6.45) is 8.92. The summed E-state index contributed by atoms with van der Waals surface area (Å²) in [6, 6.07) is 2.24. The molecule has 0 saturated carbocycles. The minimum Gasteiger partial charge on any atom is -0.384 e. The van der Waals surface area contributed by atoms with E-state index >= 15 is 0 Å². The number of hydrogen-bond acceptors (Lipinski definition) is 3. The summed E-state index contributed by atoms with van der Waals surface area (Å²) in [5, 5.41) is 3.42. The quantitative estimate of drug-likeness (QED) is 0.890. The third-order valence-corrected chi connectivity index (χ3v) is 4.01. The Hall–Kier alpha value is -1.25. The molecular weight excluding hydrogens is 234 g/mol. The maximum atomic E-state index is 4.38. The predicted molar refractivity (Wildman–Crippen MR) is 82.9 cm³/mol. The van der Waals surface area contributed by atoms with Crippen LogP contribution in [0.3, 0.4) is 0 Å². The minimum absolute atomic E-state index is 0.486. The summed E-state index contributed by atoms with van der Waals surface area (Å²) >= 11 is 0. The highest BCUT2D eigenvalue weighted by molar-refractivity contribution is 5.55. The number of hydrogen-bond donors (Lipinski definition) is 1. The first kappa shape index (κ1) is 14.2. The van der Waals surface area contributed by atoms with E-state index < -0.39 is 0 Å². The molecule has 0 atom stereocenters. The van der Waals surface area contributed by atoms with Crippen molar-refractivity contribution in [3.05, 3.63) is 18.5 Å². The molecule has 1 aromatic rings. The highest BCUT2D eigenvalue weighted by Gasteiger charge is 2.23. The predicted octanol–water partition coefficient (Wildman–Crippen LogP) is 3.92. The van der Waals surface area contributed by atoms with Crippen molar-refractivity contribution in [1.82, 2.24) is 4.98 Å². The number of aromatic nitrogens is 1. The van der Waals surface area contributed by atoms with Gasteiger partial charge in [-0.05, 0) is 37.2 Å². The van der Waals surface area contributed by atoms with Crippen molar-refractivity contribution >= 4 is 11.4 Å². The van der Waals surface area contributed by atoms with E-state index in [1.165, 1.54) is 24.9 Å². The molecule has 0 unspecified atom stereocenters.